The Labute approximate surface area is 134 Å². The summed E-state index contributed by atoms with van der Waals surface area (Å²) in [5.41, 5.74) is 3.08. The van der Waals surface area contributed by atoms with Gasteiger partial charge in [0.2, 0.25) is 0 Å². The smallest absolute Gasteiger partial charge is 0.255 e. The van der Waals surface area contributed by atoms with Crippen LogP contribution in [0.2, 0.25) is 0 Å². The average molecular weight is 307 g/mol. The lowest BCUT2D eigenvalue weighted by Crippen LogP contribution is -2.11. The molecule has 2 aromatic rings. The number of aliphatic hydroxyl groups is 1. The number of nitrogens with zero attached hydrogens (tertiary/aromatic N) is 4. The van der Waals surface area contributed by atoms with Crippen LogP contribution in [0.5, 0.6) is 0 Å². The summed E-state index contributed by atoms with van der Waals surface area (Å²) in [6.07, 6.45) is 0.527. The molecule has 0 unspecified atom stereocenters. The number of fused-ring (bicyclic) bond motifs is 1. The van der Waals surface area contributed by atoms with Crippen molar-refractivity contribution in [3.05, 3.63) is 58.2 Å². The Balaban J connectivity index is 1.93. The molecule has 1 aliphatic rings. The van der Waals surface area contributed by atoms with Crippen LogP contribution in [0.25, 0.3) is 10.6 Å². The molecule has 1 aromatic heterocycles. The fourth-order valence-electron chi connectivity index (χ4n) is 2.54. The van der Waals surface area contributed by atoms with E-state index in [1.54, 1.807) is 0 Å². The first-order valence-electron chi connectivity index (χ1n) is 7.30. The van der Waals surface area contributed by atoms with Gasteiger partial charge in [-0.3, -0.25) is 5.10 Å². The molecule has 0 spiro atoms. The summed E-state index contributed by atoms with van der Waals surface area (Å²) < 4.78 is 0. The second-order valence-electron chi connectivity index (χ2n) is 6.46. The van der Waals surface area contributed by atoms with Crippen LogP contribution in [0.4, 0.5) is 11.5 Å². The molecule has 0 radical (unpaired) electrons. The van der Waals surface area contributed by atoms with Crippen LogP contribution in [-0.2, 0) is 11.8 Å². The molecule has 6 nitrogen and oxygen atoms in total. The van der Waals surface area contributed by atoms with Gasteiger partial charge in [0.05, 0.1) is 12.3 Å². The maximum atomic E-state index is 10.2. The molecule has 116 valence electrons. The molecule has 0 amide bonds. The van der Waals surface area contributed by atoms with Gasteiger partial charge in [0.15, 0.2) is 5.82 Å². The molecule has 23 heavy (non-hydrogen) atoms. The van der Waals surface area contributed by atoms with E-state index in [-0.39, 0.29) is 11.2 Å². The highest BCUT2D eigenvalue weighted by Gasteiger charge is 2.25. The number of H-pyrrole nitrogens is 1. The summed E-state index contributed by atoms with van der Waals surface area (Å²) in [4.78, 5) is 3.52. The van der Waals surface area contributed by atoms with Gasteiger partial charge in [-0.2, -0.15) is 10.2 Å². The Morgan fingerprint density at radius 3 is 2.65 bits per heavy atom. The van der Waals surface area contributed by atoms with Crippen LogP contribution >= 0.6 is 0 Å². The predicted octanol–water partition coefficient (Wildman–Crippen LogP) is 4.82. The molecule has 0 aliphatic heterocycles. The molecule has 0 atom stereocenters. The van der Waals surface area contributed by atoms with E-state index in [2.05, 4.69) is 25.3 Å². The van der Waals surface area contributed by atoms with E-state index < -0.39 is 0 Å². The number of azo groups is 1. The number of hydrogen-bond donors (Lipinski definition) is 2. The van der Waals surface area contributed by atoms with Crippen molar-refractivity contribution in [2.45, 2.75) is 32.6 Å². The standard InChI is InChI=1S/C17H17N5O/c1-17(2,3)15-13(18-4)16(22-20-15)21-19-12-9-10-7-5-6-8-11(10)14(12)23/h5-8,23H,9H2,1-3H3,(H,20,22)/b21-19-. The minimum absolute atomic E-state index is 0.143. The molecule has 2 N–H and O–H groups in total. The summed E-state index contributed by atoms with van der Waals surface area (Å²) >= 11 is 0. The second kappa shape index (κ2) is 5.36. The first kappa shape index (κ1) is 15.0. The Hall–Kier alpha value is -2.94. The highest BCUT2D eigenvalue weighted by molar-refractivity contribution is 5.71. The maximum Gasteiger partial charge on any atom is 0.255 e. The number of rotatable bonds is 2. The third-order valence-electron chi connectivity index (χ3n) is 3.72. The minimum atomic E-state index is -0.255. The van der Waals surface area contributed by atoms with Gasteiger partial charge in [-0.1, -0.05) is 45.0 Å². The third kappa shape index (κ3) is 2.61. The zero-order chi connectivity index (χ0) is 16.6. The monoisotopic (exact) mass is 307 g/mol. The summed E-state index contributed by atoms with van der Waals surface area (Å²) in [5, 5.41) is 25.4. The fourth-order valence-corrected chi connectivity index (χ4v) is 2.54. The molecule has 1 heterocycles. The Morgan fingerprint density at radius 2 is 2.00 bits per heavy atom. The first-order valence-corrected chi connectivity index (χ1v) is 7.30. The van der Waals surface area contributed by atoms with E-state index in [1.165, 1.54) is 0 Å². The van der Waals surface area contributed by atoms with Crippen molar-refractivity contribution in [3.8, 4) is 0 Å². The van der Waals surface area contributed by atoms with E-state index in [9.17, 15) is 5.11 Å². The largest absolute Gasteiger partial charge is 0.505 e. The lowest BCUT2D eigenvalue weighted by Gasteiger charge is -2.15. The van der Waals surface area contributed by atoms with Crippen molar-refractivity contribution in [1.82, 2.24) is 10.2 Å². The van der Waals surface area contributed by atoms with Gasteiger partial charge in [0.25, 0.3) is 5.69 Å². The van der Waals surface area contributed by atoms with Crippen LogP contribution < -0.4 is 0 Å². The molecule has 6 heteroatoms. The lowest BCUT2D eigenvalue weighted by molar-refractivity contribution is 0.508. The molecular weight excluding hydrogens is 290 g/mol. The highest BCUT2D eigenvalue weighted by atomic mass is 16.3. The quantitative estimate of drug-likeness (QED) is 0.616. The van der Waals surface area contributed by atoms with E-state index in [0.717, 1.165) is 11.1 Å². The Morgan fingerprint density at radius 1 is 1.26 bits per heavy atom. The van der Waals surface area contributed by atoms with Crippen molar-refractivity contribution < 1.29 is 5.11 Å². The Kier molecular flexibility index (Phi) is 3.49. The number of allylic oxidation sites excluding steroid dienone is 1. The predicted molar refractivity (Wildman–Crippen MR) is 87.8 cm³/mol. The zero-order valence-electron chi connectivity index (χ0n) is 13.3. The molecular formula is C17H17N5O. The van der Waals surface area contributed by atoms with E-state index in [1.807, 2.05) is 45.0 Å². The van der Waals surface area contributed by atoms with Crippen LogP contribution in [0, 0.1) is 6.57 Å². The normalized spacial score (nSPS) is 14.3. The summed E-state index contributed by atoms with van der Waals surface area (Å²) in [6, 6.07) is 7.60. The topological polar surface area (TPSA) is 78.0 Å². The highest BCUT2D eigenvalue weighted by Crippen LogP contribution is 2.38. The van der Waals surface area contributed by atoms with Crippen LogP contribution in [-0.4, -0.2) is 15.3 Å². The van der Waals surface area contributed by atoms with Crippen molar-refractivity contribution in [3.63, 3.8) is 0 Å². The average Bonchev–Trinajstić information content (AvgIpc) is 3.06. The van der Waals surface area contributed by atoms with Crippen LogP contribution in [0.1, 0.15) is 37.6 Å². The van der Waals surface area contributed by atoms with Gasteiger partial charge in [-0.25, -0.2) is 4.85 Å². The summed E-state index contributed by atoms with van der Waals surface area (Å²) in [6.45, 7) is 13.3. The molecule has 0 saturated heterocycles. The van der Waals surface area contributed by atoms with Crippen molar-refractivity contribution >= 4 is 17.3 Å². The third-order valence-corrected chi connectivity index (χ3v) is 3.72. The van der Waals surface area contributed by atoms with Crippen molar-refractivity contribution in [2.24, 2.45) is 10.2 Å². The van der Waals surface area contributed by atoms with Crippen molar-refractivity contribution in [1.29, 1.82) is 0 Å². The van der Waals surface area contributed by atoms with Gasteiger partial charge in [-0.05, 0) is 11.0 Å². The maximum absolute atomic E-state index is 10.2. The molecule has 1 aromatic carbocycles. The molecule has 0 saturated carbocycles. The van der Waals surface area contributed by atoms with Gasteiger partial charge < -0.3 is 5.11 Å². The number of hydrogen-bond acceptors (Lipinski definition) is 4. The first-order chi connectivity index (χ1) is 10.9. The molecule has 0 bridgehead atoms. The summed E-state index contributed by atoms with van der Waals surface area (Å²) in [7, 11) is 0. The van der Waals surface area contributed by atoms with E-state index in [0.29, 0.717) is 29.3 Å². The number of aliphatic hydroxyl groups excluding tert-OH is 1. The minimum Gasteiger partial charge on any atom is -0.505 e. The number of aromatic amines is 1. The number of nitrogens with one attached hydrogen (secondary N) is 1. The Bertz CT molecular complexity index is 862. The van der Waals surface area contributed by atoms with E-state index in [4.69, 9.17) is 6.57 Å². The summed E-state index contributed by atoms with van der Waals surface area (Å²) in [5.74, 6) is 0.463. The van der Waals surface area contributed by atoms with Gasteiger partial charge >= 0.3 is 0 Å². The van der Waals surface area contributed by atoms with Crippen LogP contribution in [0.3, 0.4) is 0 Å². The SMILES string of the molecule is [C-]#[N+]c1c(C(C)(C)C)n[nH]c1/N=N\C1=C(O)c2ccccc2C1. The zero-order valence-corrected chi connectivity index (χ0v) is 13.3. The number of benzene rings is 1. The van der Waals surface area contributed by atoms with Gasteiger partial charge in [-0.15, -0.1) is 5.11 Å². The second-order valence-corrected chi connectivity index (χ2v) is 6.46. The lowest BCUT2D eigenvalue weighted by atomic mass is 9.91. The van der Waals surface area contributed by atoms with Crippen LogP contribution in [0.15, 0.2) is 40.2 Å². The van der Waals surface area contributed by atoms with Crippen molar-refractivity contribution in [2.75, 3.05) is 0 Å². The van der Waals surface area contributed by atoms with Gasteiger partial charge in [0, 0.05) is 12.0 Å². The number of aromatic nitrogens is 2. The van der Waals surface area contributed by atoms with Gasteiger partial charge in [0.1, 0.15) is 11.5 Å². The molecule has 1 aliphatic carbocycles. The molecule has 0 fully saturated rings. The van der Waals surface area contributed by atoms with E-state index >= 15 is 0 Å². The molecule has 3 rings (SSSR count). The fraction of sp³-hybridized carbons (Fsp3) is 0.294.